The molecular formula is C22H26N4O5S. The summed E-state index contributed by atoms with van der Waals surface area (Å²) >= 11 is 0. The highest BCUT2D eigenvalue weighted by molar-refractivity contribution is 7.92. The van der Waals surface area contributed by atoms with Gasteiger partial charge in [0, 0.05) is 55.3 Å². The van der Waals surface area contributed by atoms with Gasteiger partial charge in [-0.1, -0.05) is 30.3 Å². The molecule has 10 heteroatoms. The lowest BCUT2D eigenvalue weighted by Gasteiger charge is -2.29. The number of nitro benzene ring substituents is 1. The molecule has 1 amide bonds. The maximum absolute atomic E-state index is 12.5. The van der Waals surface area contributed by atoms with E-state index in [9.17, 15) is 23.3 Å². The first-order valence-corrected chi connectivity index (χ1v) is 11.8. The molecule has 0 radical (unpaired) electrons. The number of sulfonamides is 1. The molecule has 1 saturated heterocycles. The first-order chi connectivity index (χ1) is 15.3. The third kappa shape index (κ3) is 6.63. The normalized spacial score (nSPS) is 15.5. The minimum Gasteiger partial charge on any atom is -0.383 e. The van der Waals surface area contributed by atoms with E-state index in [2.05, 4.69) is 10.6 Å². The maximum atomic E-state index is 12.5. The van der Waals surface area contributed by atoms with Crippen molar-refractivity contribution in [2.24, 2.45) is 5.92 Å². The molecule has 1 aliphatic heterocycles. The zero-order valence-corrected chi connectivity index (χ0v) is 18.3. The van der Waals surface area contributed by atoms with Crippen LogP contribution in [0, 0.1) is 16.0 Å². The molecule has 2 aromatic rings. The molecule has 0 aliphatic carbocycles. The number of amides is 1. The lowest BCUT2D eigenvalue weighted by atomic mass is 9.97. The zero-order valence-electron chi connectivity index (χ0n) is 17.5. The monoisotopic (exact) mass is 458 g/mol. The summed E-state index contributed by atoms with van der Waals surface area (Å²) in [7, 11) is -3.52. The Morgan fingerprint density at radius 1 is 1.06 bits per heavy atom. The van der Waals surface area contributed by atoms with Crippen LogP contribution in [0.25, 0.3) is 6.08 Å². The number of piperidine rings is 1. The predicted octanol–water partition coefficient (Wildman–Crippen LogP) is 2.84. The fourth-order valence-corrected chi connectivity index (χ4v) is 4.65. The summed E-state index contributed by atoms with van der Waals surface area (Å²) in [5.74, 6) is -0.314. The van der Waals surface area contributed by atoms with Crippen LogP contribution >= 0.6 is 0 Å². The van der Waals surface area contributed by atoms with Crippen molar-refractivity contribution >= 4 is 33.4 Å². The molecule has 0 unspecified atom stereocenters. The third-order valence-corrected chi connectivity index (χ3v) is 6.81. The Bertz CT molecular complexity index is 1050. The lowest BCUT2D eigenvalue weighted by Crippen LogP contribution is -2.43. The maximum Gasteiger partial charge on any atom is 0.269 e. The first-order valence-electron chi connectivity index (χ1n) is 10.3. The average molecular weight is 459 g/mol. The Kier molecular flexibility index (Phi) is 7.96. The molecule has 2 aromatic carbocycles. The Balaban J connectivity index is 1.39. The molecule has 0 bridgehead atoms. The van der Waals surface area contributed by atoms with E-state index in [0.29, 0.717) is 39.0 Å². The van der Waals surface area contributed by atoms with Crippen LogP contribution in [0.2, 0.25) is 0 Å². The van der Waals surface area contributed by atoms with Crippen LogP contribution in [0.15, 0.2) is 60.0 Å². The van der Waals surface area contributed by atoms with Crippen LogP contribution in [0.4, 0.5) is 11.4 Å². The van der Waals surface area contributed by atoms with E-state index in [1.54, 1.807) is 18.2 Å². The smallest absolute Gasteiger partial charge is 0.269 e. The van der Waals surface area contributed by atoms with Crippen LogP contribution < -0.4 is 10.6 Å². The van der Waals surface area contributed by atoms with E-state index in [-0.39, 0.29) is 17.5 Å². The fraction of sp³-hybridized carbons (Fsp3) is 0.318. The third-order valence-electron chi connectivity index (χ3n) is 5.25. The number of nitro groups is 1. The van der Waals surface area contributed by atoms with Crippen LogP contribution in [0.5, 0.6) is 0 Å². The number of carbonyl (C=O) groups is 1. The van der Waals surface area contributed by atoms with Gasteiger partial charge in [0.25, 0.3) is 5.69 Å². The van der Waals surface area contributed by atoms with Crippen LogP contribution in [0.3, 0.4) is 0 Å². The Labute approximate surface area is 187 Å². The highest BCUT2D eigenvalue weighted by atomic mass is 32.2. The van der Waals surface area contributed by atoms with Gasteiger partial charge in [0.05, 0.1) is 4.92 Å². The second kappa shape index (κ2) is 10.9. The van der Waals surface area contributed by atoms with Crippen molar-refractivity contribution in [3.05, 3.63) is 75.7 Å². The summed E-state index contributed by atoms with van der Waals surface area (Å²) in [4.78, 5) is 22.6. The molecule has 0 aromatic heterocycles. The summed E-state index contributed by atoms with van der Waals surface area (Å²) in [6, 6.07) is 15.3. The number of nitrogens with one attached hydrogen (secondary N) is 2. The minimum atomic E-state index is -3.52. The van der Waals surface area contributed by atoms with E-state index in [0.717, 1.165) is 11.3 Å². The number of anilines is 1. The lowest BCUT2D eigenvalue weighted by molar-refractivity contribution is -0.384. The van der Waals surface area contributed by atoms with E-state index in [1.807, 2.05) is 30.3 Å². The van der Waals surface area contributed by atoms with Crippen LogP contribution in [0.1, 0.15) is 18.4 Å². The van der Waals surface area contributed by atoms with E-state index in [4.69, 9.17) is 0 Å². The van der Waals surface area contributed by atoms with Gasteiger partial charge < -0.3 is 10.6 Å². The number of carbonyl (C=O) groups excluding carboxylic acids is 1. The van der Waals surface area contributed by atoms with E-state index >= 15 is 0 Å². The van der Waals surface area contributed by atoms with Crippen molar-refractivity contribution in [1.29, 1.82) is 0 Å². The van der Waals surface area contributed by atoms with E-state index < -0.39 is 14.9 Å². The molecule has 1 heterocycles. The first kappa shape index (κ1) is 23.4. The second-order valence-corrected chi connectivity index (χ2v) is 9.27. The van der Waals surface area contributed by atoms with Crippen molar-refractivity contribution < 1.29 is 18.1 Å². The molecule has 2 N–H and O–H groups in total. The van der Waals surface area contributed by atoms with Crippen molar-refractivity contribution in [3.8, 4) is 0 Å². The molecule has 1 fully saturated rings. The van der Waals surface area contributed by atoms with Gasteiger partial charge in [-0.15, -0.1) is 0 Å². The quantitative estimate of drug-likeness (QED) is 0.339. The number of nitrogens with zero attached hydrogens (tertiary/aromatic N) is 2. The molecule has 1 aliphatic rings. The topological polar surface area (TPSA) is 122 Å². The molecule has 170 valence electrons. The Morgan fingerprint density at radius 3 is 2.34 bits per heavy atom. The van der Waals surface area contributed by atoms with E-state index in [1.165, 1.54) is 21.8 Å². The summed E-state index contributed by atoms with van der Waals surface area (Å²) < 4.78 is 26.5. The van der Waals surface area contributed by atoms with Gasteiger partial charge in [-0.2, -0.15) is 4.31 Å². The standard InChI is InChI=1S/C22H26N4O5S/c27-22(24-14-13-23-20-6-8-21(9-7-20)26(28)29)19-10-15-25(16-11-19)32(30,31)17-12-18-4-2-1-3-5-18/h1-9,12,17,19,23H,10-11,13-16H2,(H,24,27)/b17-12+. The second-order valence-electron chi connectivity index (χ2n) is 7.45. The van der Waals surface area contributed by atoms with Gasteiger partial charge in [-0.25, -0.2) is 8.42 Å². The van der Waals surface area contributed by atoms with Gasteiger partial charge in [0.1, 0.15) is 0 Å². The molecular weight excluding hydrogens is 432 g/mol. The number of benzene rings is 2. The van der Waals surface area contributed by atoms with Crippen LogP contribution in [-0.2, 0) is 14.8 Å². The van der Waals surface area contributed by atoms with Gasteiger partial charge in [0.2, 0.25) is 15.9 Å². The Hall–Kier alpha value is -3.24. The molecule has 9 nitrogen and oxygen atoms in total. The highest BCUT2D eigenvalue weighted by Crippen LogP contribution is 2.21. The highest BCUT2D eigenvalue weighted by Gasteiger charge is 2.29. The average Bonchev–Trinajstić information content (AvgIpc) is 2.81. The summed E-state index contributed by atoms with van der Waals surface area (Å²) in [5, 5.41) is 17.8. The fourth-order valence-electron chi connectivity index (χ4n) is 3.43. The SMILES string of the molecule is O=C(NCCNc1ccc([N+](=O)[O-])cc1)C1CCN(S(=O)(=O)/C=C/c2ccccc2)CC1. The van der Waals surface area contributed by atoms with Gasteiger partial charge in [-0.05, 0) is 36.6 Å². The number of hydrogen-bond acceptors (Lipinski definition) is 6. The number of hydrogen-bond donors (Lipinski definition) is 2. The largest absolute Gasteiger partial charge is 0.383 e. The summed E-state index contributed by atoms with van der Waals surface area (Å²) in [6.07, 6.45) is 2.52. The van der Waals surface area contributed by atoms with Gasteiger partial charge in [0.15, 0.2) is 0 Å². The van der Waals surface area contributed by atoms with Crippen LogP contribution in [-0.4, -0.2) is 49.7 Å². The van der Waals surface area contributed by atoms with Gasteiger partial charge in [-0.3, -0.25) is 14.9 Å². The Morgan fingerprint density at radius 2 is 1.72 bits per heavy atom. The molecule has 0 spiro atoms. The minimum absolute atomic E-state index is 0.0211. The number of rotatable bonds is 9. The molecule has 32 heavy (non-hydrogen) atoms. The molecule has 3 rings (SSSR count). The van der Waals surface area contributed by atoms with Crippen molar-refractivity contribution in [2.75, 3.05) is 31.5 Å². The van der Waals surface area contributed by atoms with Crippen molar-refractivity contribution in [1.82, 2.24) is 9.62 Å². The van der Waals surface area contributed by atoms with Gasteiger partial charge >= 0.3 is 0 Å². The van der Waals surface area contributed by atoms with Crippen molar-refractivity contribution in [2.45, 2.75) is 12.8 Å². The predicted molar refractivity (Wildman–Crippen MR) is 123 cm³/mol. The number of non-ortho nitro benzene ring substituents is 1. The molecule has 0 atom stereocenters. The molecule has 0 saturated carbocycles. The van der Waals surface area contributed by atoms with Crippen molar-refractivity contribution in [3.63, 3.8) is 0 Å². The zero-order chi connectivity index (χ0) is 23.0. The summed E-state index contributed by atoms with van der Waals surface area (Å²) in [5.41, 5.74) is 1.56. The summed E-state index contributed by atoms with van der Waals surface area (Å²) in [6.45, 7) is 1.48.